The molecule has 2 fully saturated rings. The van der Waals surface area contributed by atoms with Crippen LogP contribution in [0, 0.1) is 5.92 Å². The van der Waals surface area contributed by atoms with Crippen LogP contribution in [0.25, 0.3) is 0 Å². The molecule has 0 radical (unpaired) electrons. The summed E-state index contributed by atoms with van der Waals surface area (Å²) in [5.74, 6) is 2.03. The van der Waals surface area contributed by atoms with E-state index in [2.05, 4.69) is 12.1 Å². The second-order valence-corrected chi connectivity index (χ2v) is 7.49. The Kier molecular flexibility index (Phi) is 7.16. The number of carbonyl (C=O) groups excluding carboxylic acids is 2. The zero-order valence-corrected chi connectivity index (χ0v) is 16.1. The van der Waals surface area contributed by atoms with E-state index in [0.717, 1.165) is 0 Å². The minimum atomic E-state index is -0.310. The van der Waals surface area contributed by atoms with Gasteiger partial charge in [-0.25, -0.2) is 0 Å². The van der Waals surface area contributed by atoms with Crippen LogP contribution in [0.4, 0.5) is 0 Å². The molecule has 0 saturated carbocycles. The smallest absolute Gasteiger partial charge is 0.246 e. The monoisotopic (exact) mass is 383 g/mol. The van der Waals surface area contributed by atoms with Gasteiger partial charge < -0.3 is 15.5 Å². The van der Waals surface area contributed by atoms with Gasteiger partial charge in [-0.3, -0.25) is 9.59 Å². The van der Waals surface area contributed by atoms with Crippen molar-refractivity contribution in [2.75, 3.05) is 31.3 Å². The van der Waals surface area contributed by atoms with Crippen molar-refractivity contribution in [1.82, 2.24) is 9.80 Å². The zero-order valence-electron chi connectivity index (χ0n) is 14.5. The maximum absolute atomic E-state index is 13.0. The Morgan fingerprint density at radius 1 is 1.24 bits per heavy atom. The molecular formula is C18H26ClN3O2S. The van der Waals surface area contributed by atoms with Crippen molar-refractivity contribution >= 4 is 36.0 Å². The third-order valence-electron chi connectivity index (χ3n) is 5.07. The molecule has 0 bridgehead atoms. The van der Waals surface area contributed by atoms with Gasteiger partial charge in [-0.1, -0.05) is 37.3 Å². The first-order valence-corrected chi connectivity index (χ1v) is 9.72. The Morgan fingerprint density at radius 2 is 1.96 bits per heavy atom. The molecule has 0 aromatic heterocycles. The molecule has 138 valence electrons. The van der Waals surface area contributed by atoms with Crippen LogP contribution >= 0.6 is 24.2 Å². The lowest BCUT2D eigenvalue weighted by Crippen LogP contribution is -2.48. The first-order chi connectivity index (χ1) is 11.7. The maximum atomic E-state index is 13.0. The van der Waals surface area contributed by atoms with E-state index < -0.39 is 0 Å². The van der Waals surface area contributed by atoms with Crippen LogP contribution in [0.1, 0.15) is 24.8 Å². The molecule has 3 rings (SSSR count). The molecule has 2 saturated heterocycles. The highest BCUT2D eigenvalue weighted by Gasteiger charge is 2.41. The zero-order chi connectivity index (χ0) is 17.1. The van der Waals surface area contributed by atoms with Gasteiger partial charge in [-0.15, -0.1) is 24.2 Å². The van der Waals surface area contributed by atoms with Crippen LogP contribution in [0.3, 0.4) is 0 Å². The van der Waals surface area contributed by atoms with Crippen LogP contribution in [-0.2, 0) is 9.59 Å². The van der Waals surface area contributed by atoms with E-state index in [1.165, 1.54) is 5.56 Å². The van der Waals surface area contributed by atoms with Crippen molar-refractivity contribution in [3.05, 3.63) is 35.9 Å². The van der Waals surface area contributed by atoms with E-state index in [4.69, 9.17) is 5.73 Å². The third kappa shape index (κ3) is 4.13. The van der Waals surface area contributed by atoms with Gasteiger partial charge in [0.25, 0.3) is 0 Å². The Morgan fingerprint density at radius 3 is 2.60 bits per heavy atom. The number of rotatable bonds is 4. The Bertz CT molecular complexity index is 601. The summed E-state index contributed by atoms with van der Waals surface area (Å²) in [4.78, 5) is 28.7. The van der Waals surface area contributed by atoms with Crippen molar-refractivity contribution in [2.24, 2.45) is 11.7 Å². The average molecular weight is 384 g/mol. The molecule has 0 spiro atoms. The summed E-state index contributed by atoms with van der Waals surface area (Å²) in [5.41, 5.74) is 7.21. The van der Waals surface area contributed by atoms with Crippen LogP contribution in [0.5, 0.6) is 0 Å². The quantitative estimate of drug-likeness (QED) is 0.862. The highest BCUT2D eigenvalue weighted by atomic mass is 35.5. The number of halogens is 1. The highest BCUT2D eigenvalue weighted by molar-refractivity contribution is 7.99. The minimum absolute atomic E-state index is 0. The van der Waals surface area contributed by atoms with Gasteiger partial charge in [0.2, 0.25) is 11.8 Å². The number of nitrogens with two attached hydrogens (primary N) is 1. The lowest BCUT2D eigenvalue weighted by molar-refractivity contribution is -0.142. The number of thioether (sulfide) groups is 1. The van der Waals surface area contributed by atoms with Crippen molar-refractivity contribution in [3.8, 4) is 0 Å². The highest BCUT2D eigenvalue weighted by Crippen LogP contribution is 2.33. The topological polar surface area (TPSA) is 66.6 Å². The van der Waals surface area contributed by atoms with E-state index >= 15 is 0 Å². The number of carbonyl (C=O) groups is 2. The van der Waals surface area contributed by atoms with Gasteiger partial charge in [0, 0.05) is 31.2 Å². The van der Waals surface area contributed by atoms with E-state index in [1.54, 1.807) is 16.7 Å². The summed E-state index contributed by atoms with van der Waals surface area (Å²) in [6, 6.07) is 9.98. The summed E-state index contributed by atoms with van der Waals surface area (Å²) >= 11 is 1.66. The number of amides is 2. The number of hydrogen-bond donors (Lipinski definition) is 1. The van der Waals surface area contributed by atoms with Gasteiger partial charge in [-0.05, 0) is 18.0 Å². The lowest BCUT2D eigenvalue weighted by Gasteiger charge is -2.27. The second kappa shape index (κ2) is 8.92. The molecule has 1 aromatic rings. The largest absolute Gasteiger partial charge is 0.340 e. The van der Waals surface area contributed by atoms with E-state index in [9.17, 15) is 9.59 Å². The normalized spacial score (nSPS) is 25.8. The van der Waals surface area contributed by atoms with E-state index in [-0.39, 0.29) is 42.1 Å². The predicted molar refractivity (Wildman–Crippen MR) is 104 cm³/mol. The molecule has 2 aliphatic rings. The van der Waals surface area contributed by atoms with Crippen LogP contribution in [0.15, 0.2) is 30.3 Å². The van der Waals surface area contributed by atoms with Crippen molar-refractivity contribution in [2.45, 2.75) is 25.3 Å². The maximum Gasteiger partial charge on any atom is 0.246 e. The van der Waals surface area contributed by atoms with Crippen molar-refractivity contribution in [1.29, 1.82) is 0 Å². The van der Waals surface area contributed by atoms with Crippen LogP contribution in [-0.4, -0.2) is 58.9 Å². The summed E-state index contributed by atoms with van der Waals surface area (Å²) in [7, 11) is 0. The van der Waals surface area contributed by atoms with Crippen LogP contribution in [0.2, 0.25) is 0 Å². The van der Waals surface area contributed by atoms with E-state index in [0.29, 0.717) is 37.7 Å². The van der Waals surface area contributed by atoms with Gasteiger partial charge >= 0.3 is 0 Å². The fourth-order valence-corrected chi connectivity index (χ4v) is 4.85. The molecule has 2 N–H and O–H groups in total. The summed E-state index contributed by atoms with van der Waals surface area (Å²) < 4.78 is 0. The first-order valence-electron chi connectivity index (χ1n) is 8.56. The molecule has 1 unspecified atom stereocenters. The number of benzene rings is 1. The molecule has 3 atom stereocenters. The Labute approximate surface area is 159 Å². The summed E-state index contributed by atoms with van der Waals surface area (Å²) in [6.07, 6.45) is 0.447. The SMILES string of the molecule is CCC(=O)N1CSCC1C(=O)N1C[C@@H](CN)[C@H](c2ccccc2)C1.Cl. The molecule has 5 nitrogen and oxygen atoms in total. The molecule has 2 heterocycles. The average Bonchev–Trinajstić information content (AvgIpc) is 3.28. The predicted octanol–water partition coefficient (Wildman–Crippen LogP) is 1.92. The van der Waals surface area contributed by atoms with Gasteiger partial charge in [-0.2, -0.15) is 0 Å². The molecule has 2 aliphatic heterocycles. The third-order valence-corrected chi connectivity index (χ3v) is 6.09. The molecule has 7 heteroatoms. The second-order valence-electron chi connectivity index (χ2n) is 6.49. The van der Waals surface area contributed by atoms with Gasteiger partial charge in [0.1, 0.15) is 6.04 Å². The summed E-state index contributed by atoms with van der Waals surface area (Å²) in [6.45, 7) is 3.79. The molecular weight excluding hydrogens is 358 g/mol. The van der Waals surface area contributed by atoms with Crippen molar-refractivity contribution in [3.63, 3.8) is 0 Å². The van der Waals surface area contributed by atoms with Gasteiger partial charge in [0.15, 0.2) is 0 Å². The Hall–Kier alpha value is -1.24. The Balaban J connectivity index is 0.00000225. The fraction of sp³-hybridized carbons (Fsp3) is 0.556. The number of nitrogens with zero attached hydrogens (tertiary/aromatic N) is 2. The van der Waals surface area contributed by atoms with Crippen LogP contribution < -0.4 is 5.73 Å². The standard InChI is InChI=1S/C18H25N3O2S.ClH/c1-2-17(22)21-12-24-11-16(21)18(23)20-9-14(8-19)15(10-20)13-6-4-3-5-7-13;/h3-7,14-16H,2,8-12,19H2,1H3;1H/t14-,15+,16?;/m1./s1. The minimum Gasteiger partial charge on any atom is -0.340 e. The molecule has 2 amide bonds. The fourth-order valence-electron chi connectivity index (χ4n) is 3.67. The number of likely N-dealkylation sites (tertiary alicyclic amines) is 1. The van der Waals surface area contributed by atoms with E-state index in [1.807, 2.05) is 30.0 Å². The summed E-state index contributed by atoms with van der Waals surface area (Å²) in [5, 5.41) is 0. The molecule has 25 heavy (non-hydrogen) atoms. The molecule has 1 aromatic carbocycles. The first kappa shape index (κ1) is 20.1. The molecule has 0 aliphatic carbocycles. The lowest BCUT2D eigenvalue weighted by atomic mass is 9.89. The van der Waals surface area contributed by atoms with Crippen molar-refractivity contribution < 1.29 is 9.59 Å². The number of hydrogen-bond acceptors (Lipinski definition) is 4. The van der Waals surface area contributed by atoms with Gasteiger partial charge in [0.05, 0.1) is 5.88 Å².